The highest BCUT2D eigenvalue weighted by molar-refractivity contribution is 5.98. The maximum atomic E-state index is 13.3. The van der Waals surface area contributed by atoms with Crippen LogP contribution >= 0.6 is 0 Å². The second kappa shape index (κ2) is 9.00. The molecule has 1 aliphatic rings. The van der Waals surface area contributed by atoms with Crippen molar-refractivity contribution < 1.29 is 19.0 Å². The number of hydrogen-bond donors (Lipinski definition) is 1. The summed E-state index contributed by atoms with van der Waals surface area (Å²) < 4.78 is 18.7. The Morgan fingerprint density at radius 1 is 1.23 bits per heavy atom. The summed E-state index contributed by atoms with van der Waals surface area (Å²) in [5.41, 5.74) is 1.66. The fraction of sp³-hybridized carbons (Fsp3) is 0.333. The first kappa shape index (κ1) is 20.0. The zero-order valence-corrected chi connectivity index (χ0v) is 16.3. The van der Waals surface area contributed by atoms with E-state index >= 15 is 0 Å². The van der Waals surface area contributed by atoms with Crippen LogP contribution in [0.1, 0.15) is 28.8 Å². The number of halogens is 1. The molecule has 1 aromatic carbocycles. The number of ether oxygens (including phenoxy) is 1. The predicted molar refractivity (Wildman–Crippen MR) is 106 cm³/mol. The number of benzene rings is 1. The third-order valence-electron chi connectivity index (χ3n) is 5.08. The van der Waals surface area contributed by atoms with Crippen molar-refractivity contribution in [3.05, 3.63) is 65.9 Å². The molecule has 3 aromatic rings. The van der Waals surface area contributed by atoms with Gasteiger partial charge in [0, 0.05) is 25.1 Å². The van der Waals surface area contributed by atoms with Gasteiger partial charge in [-0.2, -0.15) is 15.0 Å². The lowest BCUT2D eigenvalue weighted by Crippen LogP contribution is -2.42. The van der Waals surface area contributed by atoms with Crippen LogP contribution in [0, 0.1) is 11.7 Å². The van der Waals surface area contributed by atoms with Crippen molar-refractivity contribution in [2.75, 3.05) is 19.7 Å². The molecule has 1 saturated heterocycles. The van der Waals surface area contributed by atoms with Gasteiger partial charge in [-0.1, -0.05) is 6.07 Å². The number of aliphatic hydroxyl groups excluding tert-OH is 1. The minimum atomic E-state index is -0.413. The van der Waals surface area contributed by atoms with Gasteiger partial charge in [0.1, 0.15) is 5.82 Å². The Bertz CT molecular complexity index is 994. The van der Waals surface area contributed by atoms with Crippen molar-refractivity contribution in [1.29, 1.82) is 0 Å². The second-order valence-corrected chi connectivity index (χ2v) is 7.21. The third kappa shape index (κ3) is 4.46. The van der Waals surface area contributed by atoms with Gasteiger partial charge >= 0.3 is 0 Å². The van der Waals surface area contributed by atoms with Crippen molar-refractivity contribution in [3.63, 3.8) is 0 Å². The molecule has 3 heterocycles. The van der Waals surface area contributed by atoms with Crippen LogP contribution < -0.4 is 4.74 Å². The van der Waals surface area contributed by atoms with Gasteiger partial charge in [0.25, 0.3) is 5.91 Å². The smallest absolute Gasteiger partial charge is 0.256 e. The van der Waals surface area contributed by atoms with Gasteiger partial charge in [-0.3, -0.25) is 4.79 Å². The number of aromatic nitrogens is 4. The van der Waals surface area contributed by atoms with Crippen LogP contribution in [-0.2, 0) is 6.61 Å². The number of amides is 1. The van der Waals surface area contributed by atoms with Crippen LogP contribution in [0.4, 0.5) is 4.39 Å². The quantitative estimate of drug-likeness (QED) is 0.669. The summed E-state index contributed by atoms with van der Waals surface area (Å²) in [5, 5.41) is 17.8. The van der Waals surface area contributed by atoms with E-state index in [-0.39, 0.29) is 18.4 Å². The normalized spacial score (nSPS) is 16.5. The number of piperidine rings is 1. The average Bonchev–Trinajstić information content (AvgIpc) is 3.33. The van der Waals surface area contributed by atoms with E-state index in [9.17, 15) is 14.3 Å². The van der Waals surface area contributed by atoms with Crippen LogP contribution in [0.2, 0.25) is 0 Å². The van der Waals surface area contributed by atoms with Gasteiger partial charge in [-0.15, -0.1) is 0 Å². The Balaban J connectivity index is 1.48. The molecule has 0 radical (unpaired) electrons. The van der Waals surface area contributed by atoms with E-state index in [1.165, 1.54) is 16.9 Å². The lowest BCUT2D eigenvalue weighted by molar-refractivity contribution is 0.0630. The van der Waals surface area contributed by atoms with Crippen LogP contribution in [-0.4, -0.2) is 55.6 Å². The Morgan fingerprint density at radius 3 is 2.80 bits per heavy atom. The van der Waals surface area contributed by atoms with Crippen molar-refractivity contribution in [2.45, 2.75) is 19.4 Å². The lowest BCUT2D eigenvalue weighted by Gasteiger charge is -2.33. The molecular formula is C21H22FN5O3. The van der Waals surface area contributed by atoms with Crippen LogP contribution in [0.5, 0.6) is 5.88 Å². The maximum Gasteiger partial charge on any atom is 0.256 e. The Labute approximate surface area is 172 Å². The average molecular weight is 411 g/mol. The summed E-state index contributed by atoms with van der Waals surface area (Å²) in [7, 11) is 0. The Hall–Kier alpha value is -3.33. The maximum absolute atomic E-state index is 13.3. The van der Waals surface area contributed by atoms with Gasteiger partial charge in [0.05, 0.1) is 43.1 Å². The van der Waals surface area contributed by atoms with E-state index in [1.807, 2.05) is 0 Å². The monoisotopic (exact) mass is 411 g/mol. The van der Waals surface area contributed by atoms with Gasteiger partial charge < -0.3 is 14.7 Å². The first-order chi connectivity index (χ1) is 14.6. The highest BCUT2D eigenvalue weighted by atomic mass is 19.1. The second-order valence-electron chi connectivity index (χ2n) is 7.21. The molecule has 0 spiro atoms. The van der Waals surface area contributed by atoms with E-state index < -0.39 is 5.82 Å². The summed E-state index contributed by atoms with van der Waals surface area (Å²) in [4.78, 5) is 20.4. The molecule has 1 amide bonds. The molecule has 0 saturated carbocycles. The molecule has 4 rings (SSSR count). The van der Waals surface area contributed by atoms with Crippen molar-refractivity contribution in [1.82, 2.24) is 24.9 Å². The number of aliphatic hydroxyl groups is 1. The molecule has 8 nitrogen and oxygen atoms in total. The molecule has 2 aromatic heterocycles. The van der Waals surface area contributed by atoms with Gasteiger partial charge in [-0.05, 0) is 36.6 Å². The summed E-state index contributed by atoms with van der Waals surface area (Å²) in [6.45, 7) is 1.41. The molecule has 30 heavy (non-hydrogen) atoms. The Kier molecular flexibility index (Phi) is 5.99. The molecule has 1 aliphatic heterocycles. The number of rotatable bonds is 6. The summed E-state index contributed by atoms with van der Waals surface area (Å²) in [6.07, 6.45) is 5.99. The topological polar surface area (TPSA) is 93.4 Å². The van der Waals surface area contributed by atoms with E-state index in [1.54, 1.807) is 35.5 Å². The minimum Gasteiger partial charge on any atom is -0.477 e. The number of pyridine rings is 1. The van der Waals surface area contributed by atoms with Gasteiger partial charge in [0.15, 0.2) is 0 Å². The largest absolute Gasteiger partial charge is 0.477 e. The van der Waals surface area contributed by atoms with E-state index in [0.29, 0.717) is 42.4 Å². The van der Waals surface area contributed by atoms with Crippen molar-refractivity contribution in [2.24, 2.45) is 5.92 Å². The molecule has 1 atom stereocenters. The zero-order valence-electron chi connectivity index (χ0n) is 16.3. The highest BCUT2D eigenvalue weighted by Gasteiger charge is 2.27. The first-order valence-corrected chi connectivity index (χ1v) is 9.78. The van der Waals surface area contributed by atoms with Crippen molar-refractivity contribution in [3.8, 4) is 11.6 Å². The molecule has 1 N–H and O–H groups in total. The Morgan fingerprint density at radius 2 is 2.07 bits per heavy atom. The number of carbonyl (C=O) groups is 1. The number of nitrogens with zero attached hydrogens (tertiary/aromatic N) is 5. The third-order valence-corrected chi connectivity index (χ3v) is 5.08. The summed E-state index contributed by atoms with van der Waals surface area (Å²) >= 11 is 0. The lowest BCUT2D eigenvalue weighted by atomic mass is 9.97. The molecule has 1 fully saturated rings. The molecular weight excluding hydrogens is 389 g/mol. The highest BCUT2D eigenvalue weighted by Crippen LogP contribution is 2.23. The molecule has 0 bridgehead atoms. The fourth-order valence-corrected chi connectivity index (χ4v) is 3.57. The van der Waals surface area contributed by atoms with E-state index in [4.69, 9.17) is 4.74 Å². The van der Waals surface area contributed by atoms with Crippen LogP contribution in [0.15, 0.2) is 48.9 Å². The molecule has 1 unspecified atom stereocenters. The van der Waals surface area contributed by atoms with Crippen molar-refractivity contribution >= 4 is 5.91 Å². The number of hydrogen-bond acceptors (Lipinski definition) is 6. The molecule has 9 heteroatoms. The summed E-state index contributed by atoms with van der Waals surface area (Å²) in [6, 6.07) is 7.97. The fourth-order valence-electron chi connectivity index (χ4n) is 3.57. The van der Waals surface area contributed by atoms with Gasteiger partial charge in [0.2, 0.25) is 5.88 Å². The standard InChI is InChI=1S/C21H22FN5O3/c22-17-4-6-20(23-11-17)30-14-16-2-1-9-26(12-16)21(29)18-10-15(13-28)3-5-19(18)27-24-7-8-25-27/h3-8,10-11,16,28H,1-2,9,12-14H2. The van der Waals surface area contributed by atoms with Gasteiger partial charge in [-0.25, -0.2) is 9.37 Å². The van der Waals surface area contributed by atoms with Crippen LogP contribution in [0.25, 0.3) is 5.69 Å². The van der Waals surface area contributed by atoms with Crippen LogP contribution in [0.3, 0.4) is 0 Å². The predicted octanol–water partition coefficient (Wildman–Crippen LogP) is 2.22. The number of likely N-dealkylation sites (tertiary alicyclic amines) is 1. The van der Waals surface area contributed by atoms with E-state index in [2.05, 4.69) is 15.2 Å². The number of carbonyl (C=O) groups excluding carboxylic acids is 1. The SMILES string of the molecule is O=C(c1cc(CO)ccc1-n1nccn1)N1CCCC(COc2ccc(F)cn2)C1. The summed E-state index contributed by atoms with van der Waals surface area (Å²) in [5.74, 6) is -0.0454. The first-order valence-electron chi connectivity index (χ1n) is 9.78. The zero-order chi connectivity index (χ0) is 20.9. The molecule has 156 valence electrons. The minimum absolute atomic E-state index is 0.137. The molecule has 0 aliphatic carbocycles. The van der Waals surface area contributed by atoms with E-state index in [0.717, 1.165) is 19.0 Å².